The number of aliphatic imine (C=N–C) groups is 1. The smallest absolute Gasteiger partial charge is 0.305 e. The van der Waals surface area contributed by atoms with E-state index in [1.54, 1.807) is 0 Å². The summed E-state index contributed by atoms with van der Waals surface area (Å²) >= 11 is 0. The summed E-state index contributed by atoms with van der Waals surface area (Å²) in [5, 5.41) is 6.58. The molecule has 20 heavy (non-hydrogen) atoms. The molecule has 0 radical (unpaired) electrons. The Morgan fingerprint density at radius 2 is 2.00 bits per heavy atom. The van der Waals surface area contributed by atoms with Gasteiger partial charge in [-0.05, 0) is 38.5 Å². The van der Waals surface area contributed by atoms with Crippen LogP contribution in [0.4, 0.5) is 0 Å². The number of hydrogen-bond acceptors (Lipinski definition) is 3. The van der Waals surface area contributed by atoms with Crippen LogP contribution in [0.1, 0.15) is 45.4 Å². The molecule has 0 aromatic carbocycles. The second-order valence-electron chi connectivity index (χ2n) is 4.98. The summed E-state index contributed by atoms with van der Waals surface area (Å²) in [5.41, 5.74) is 0. The highest BCUT2D eigenvalue weighted by Gasteiger charge is 2.20. The highest BCUT2D eigenvalue weighted by atomic mass is 127. The summed E-state index contributed by atoms with van der Waals surface area (Å²) in [6.45, 7) is 4.80. The zero-order valence-corrected chi connectivity index (χ0v) is 14.9. The van der Waals surface area contributed by atoms with Crippen LogP contribution in [0, 0.1) is 5.92 Å². The van der Waals surface area contributed by atoms with Gasteiger partial charge in [0.1, 0.15) is 0 Å². The molecule has 0 aromatic rings. The van der Waals surface area contributed by atoms with Crippen LogP contribution in [0.25, 0.3) is 0 Å². The van der Waals surface area contributed by atoms with E-state index < -0.39 is 0 Å². The molecule has 118 valence electrons. The van der Waals surface area contributed by atoms with Gasteiger partial charge in [0, 0.05) is 26.1 Å². The van der Waals surface area contributed by atoms with Crippen LogP contribution in [0.2, 0.25) is 0 Å². The van der Waals surface area contributed by atoms with E-state index in [2.05, 4.69) is 27.3 Å². The van der Waals surface area contributed by atoms with Crippen LogP contribution in [0.5, 0.6) is 0 Å². The zero-order valence-electron chi connectivity index (χ0n) is 12.6. The third-order valence-corrected chi connectivity index (χ3v) is 3.13. The van der Waals surface area contributed by atoms with E-state index in [1.807, 2.05) is 0 Å². The molecule has 0 unspecified atom stereocenters. The average molecular weight is 397 g/mol. The molecule has 1 fully saturated rings. The van der Waals surface area contributed by atoms with Crippen molar-refractivity contribution < 1.29 is 9.53 Å². The number of methoxy groups -OCH3 is 1. The van der Waals surface area contributed by atoms with Crippen molar-refractivity contribution in [2.75, 3.05) is 26.7 Å². The number of esters is 1. The van der Waals surface area contributed by atoms with Crippen molar-refractivity contribution in [1.82, 2.24) is 10.6 Å². The number of rotatable bonds is 9. The van der Waals surface area contributed by atoms with Gasteiger partial charge in [-0.2, -0.15) is 0 Å². The maximum Gasteiger partial charge on any atom is 0.305 e. The van der Waals surface area contributed by atoms with Gasteiger partial charge < -0.3 is 15.4 Å². The van der Waals surface area contributed by atoms with Gasteiger partial charge in [0.15, 0.2) is 5.96 Å². The fraction of sp³-hybridized carbons (Fsp3) is 0.857. The molecular weight excluding hydrogens is 369 g/mol. The second-order valence-corrected chi connectivity index (χ2v) is 4.98. The Kier molecular flexibility index (Phi) is 11.9. The zero-order chi connectivity index (χ0) is 13.9. The minimum atomic E-state index is -0.118. The number of halogens is 1. The van der Waals surface area contributed by atoms with Crippen LogP contribution in [-0.4, -0.2) is 38.7 Å². The predicted molar refractivity (Wildman–Crippen MR) is 92.6 cm³/mol. The van der Waals surface area contributed by atoms with E-state index in [4.69, 9.17) is 0 Å². The highest BCUT2D eigenvalue weighted by molar-refractivity contribution is 14.0. The number of carbonyl (C=O) groups is 1. The third-order valence-electron chi connectivity index (χ3n) is 3.13. The molecule has 0 spiro atoms. The fourth-order valence-corrected chi connectivity index (χ4v) is 1.74. The van der Waals surface area contributed by atoms with Crippen molar-refractivity contribution in [2.45, 2.75) is 45.4 Å². The van der Waals surface area contributed by atoms with Crippen LogP contribution >= 0.6 is 24.0 Å². The van der Waals surface area contributed by atoms with Gasteiger partial charge in [-0.25, -0.2) is 0 Å². The summed E-state index contributed by atoms with van der Waals surface area (Å²) in [4.78, 5) is 15.5. The lowest BCUT2D eigenvalue weighted by Gasteiger charge is -2.10. The number of unbranched alkanes of at least 4 members (excludes halogenated alkanes) is 2. The van der Waals surface area contributed by atoms with Gasteiger partial charge in [-0.3, -0.25) is 9.79 Å². The monoisotopic (exact) mass is 397 g/mol. The highest BCUT2D eigenvalue weighted by Crippen LogP contribution is 2.28. The molecule has 0 bridgehead atoms. The normalized spacial score (nSPS) is 14.4. The van der Waals surface area contributed by atoms with E-state index in [1.165, 1.54) is 20.0 Å². The molecule has 1 aliphatic carbocycles. The van der Waals surface area contributed by atoms with E-state index in [9.17, 15) is 4.79 Å². The Morgan fingerprint density at radius 3 is 2.60 bits per heavy atom. The van der Waals surface area contributed by atoms with Crippen LogP contribution in [0.15, 0.2) is 4.99 Å². The van der Waals surface area contributed by atoms with Gasteiger partial charge in [0.2, 0.25) is 0 Å². The summed E-state index contributed by atoms with van der Waals surface area (Å²) in [5.74, 6) is 1.62. The van der Waals surface area contributed by atoms with Crippen LogP contribution < -0.4 is 10.6 Å². The third kappa shape index (κ3) is 10.3. The lowest BCUT2D eigenvalue weighted by Crippen LogP contribution is -2.38. The molecule has 0 aliphatic heterocycles. The summed E-state index contributed by atoms with van der Waals surface area (Å²) < 4.78 is 4.60. The number of hydrogen-bond donors (Lipinski definition) is 2. The molecule has 1 aliphatic rings. The maximum absolute atomic E-state index is 10.9. The molecule has 0 amide bonds. The number of ether oxygens (including phenoxy) is 1. The van der Waals surface area contributed by atoms with E-state index >= 15 is 0 Å². The topological polar surface area (TPSA) is 62.7 Å². The predicted octanol–water partition coefficient (Wildman–Crippen LogP) is 2.30. The van der Waals surface area contributed by atoms with Gasteiger partial charge in [0.25, 0.3) is 0 Å². The molecular formula is C14H28IN3O2. The van der Waals surface area contributed by atoms with Crippen molar-refractivity contribution in [3.05, 3.63) is 0 Å². The molecule has 1 saturated carbocycles. The number of nitrogens with zero attached hydrogens (tertiary/aromatic N) is 1. The van der Waals surface area contributed by atoms with Gasteiger partial charge >= 0.3 is 5.97 Å². The molecule has 0 heterocycles. The first-order valence-corrected chi connectivity index (χ1v) is 7.35. The summed E-state index contributed by atoms with van der Waals surface area (Å²) in [6, 6.07) is 0. The van der Waals surface area contributed by atoms with Gasteiger partial charge in [-0.15, -0.1) is 24.0 Å². The van der Waals surface area contributed by atoms with Crippen molar-refractivity contribution in [3.63, 3.8) is 0 Å². The fourth-order valence-electron chi connectivity index (χ4n) is 1.74. The van der Waals surface area contributed by atoms with Gasteiger partial charge in [0.05, 0.1) is 7.11 Å². The molecule has 6 heteroatoms. The van der Waals surface area contributed by atoms with E-state index in [-0.39, 0.29) is 29.9 Å². The Hall–Kier alpha value is -0.530. The van der Waals surface area contributed by atoms with Crippen molar-refractivity contribution >= 4 is 35.9 Å². The molecule has 1 rings (SSSR count). The lowest BCUT2D eigenvalue weighted by molar-refractivity contribution is -0.140. The standard InChI is InChI=1S/C14H27N3O2.HI/c1-3-15-14(17-11-12-8-9-12)16-10-6-4-5-7-13(18)19-2;/h12H,3-11H2,1-2H3,(H2,15,16,17);1H. The molecule has 0 saturated heterocycles. The first-order valence-electron chi connectivity index (χ1n) is 7.35. The van der Waals surface area contributed by atoms with Gasteiger partial charge in [-0.1, -0.05) is 6.42 Å². The Labute approximate surface area is 139 Å². The lowest BCUT2D eigenvalue weighted by atomic mass is 10.2. The summed E-state index contributed by atoms with van der Waals surface area (Å²) in [6.07, 6.45) is 6.15. The molecule has 5 nitrogen and oxygen atoms in total. The Bertz CT molecular complexity index is 294. The molecule has 0 atom stereocenters. The second kappa shape index (κ2) is 12.2. The largest absolute Gasteiger partial charge is 0.469 e. The maximum atomic E-state index is 10.9. The van der Waals surface area contributed by atoms with Crippen molar-refractivity contribution in [1.29, 1.82) is 0 Å². The van der Waals surface area contributed by atoms with E-state index in [0.29, 0.717) is 6.42 Å². The quantitative estimate of drug-likeness (QED) is 0.206. The van der Waals surface area contributed by atoms with Crippen LogP contribution in [0.3, 0.4) is 0 Å². The van der Waals surface area contributed by atoms with Crippen molar-refractivity contribution in [2.24, 2.45) is 10.9 Å². The first kappa shape index (κ1) is 19.5. The average Bonchev–Trinajstić information content (AvgIpc) is 3.23. The van der Waals surface area contributed by atoms with Crippen LogP contribution in [-0.2, 0) is 9.53 Å². The van der Waals surface area contributed by atoms with E-state index in [0.717, 1.165) is 50.8 Å². The number of carbonyl (C=O) groups excluding carboxylic acids is 1. The molecule has 0 aromatic heterocycles. The van der Waals surface area contributed by atoms with Crippen molar-refractivity contribution in [3.8, 4) is 0 Å². The number of guanidine groups is 1. The Balaban J connectivity index is 0.00000361. The SMILES string of the molecule is CCNC(=NCC1CC1)NCCCCCC(=O)OC.I. The minimum absolute atomic E-state index is 0. The summed E-state index contributed by atoms with van der Waals surface area (Å²) in [7, 11) is 1.43. The number of nitrogens with one attached hydrogen (secondary N) is 2. The molecule has 2 N–H and O–H groups in total. The first-order chi connectivity index (χ1) is 9.26. The Morgan fingerprint density at radius 1 is 1.25 bits per heavy atom. The minimum Gasteiger partial charge on any atom is -0.469 e.